The second kappa shape index (κ2) is 4.88. The highest BCUT2D eigenvalue weighted by Crippen LogP contribution is 2.25. The predicted molar refractivity (Wildman–Crippen MR) is 69.7 cm³/mol. The minimum Gasteiger partial charge on any atom is -0.384 e. The number of anilines is 1. The molecular weight excluding hydrogens is 196 g/mol. The highest BCUT2D eigenvalue weighted by atomic mass is 14.9. The van der Waals surface area contributed by atoms with E-state index >= 15 is 0 Å². The Bertz CT molecular complexity index is 358. The summed E-state index contributed by atoms with van der Waals surface area (Å²) in [5.74, 6) is 1.27. The molecule has 1 aromatic rings. The molecule has 16 heavy (non-hydrogen) atoms. The fourth-order valence-corrected chi connectivity index (χ4v) is 2.38. The lowest BCUT2D eigenvalue weighted by Crippen LogP contribution is -2.22. The maximum atomic E-state index is 5.82. The molecule has 1 unspecified atom stereocenters. The number of rotatable bonds is 4. The molecule has 0 bridgehead atoms. The highest BCUT2D eigenvalue weighted by Gasteiger charge is 2.14. The lowest BCUT2D eigenvalue weighted by Gasteiger charge is -2.19. The lowest BCUT2D eigenvalue weighted by molar-refractivity contribution is 0.392. The normalized spacial score (nSPS) is 16.0. The lowest BCUT2D eigenvalue weighted by atomic mass is 9.89. The number of hydrogen-bond acceptors (Lipinski definition) is 2. The summed E-state index contributed by atoms with van der Waals surface area (Å²) >= 11 is 0. The summed E-state index contributed by atoms with van der Waals surface area (Å²) in [6.45, 7) is 6.38. The topological polar surface area (TPSA) is 38.0 Å². The number of nitrogens with two attached hydrogens (primary N) is 1. The molecular formula is C14H22N2. The molecule has 0 saturated carbocycles. The predicted octanol–water partition coefficient (Wildman–Crippen LogP) is 2.43. The smallest absolute Gasteiger partial charge is 0.0373 e. The zero-order valence-electron chi connectivity index (χ0n) is 10.3. The molecule has 1 heterocycles. The van der Waals surface area contributed by atoms with Crippen LogP contribution < -0.4 is 11.1 Å². The summed E-state index contributed by atoms with van der Waals surface area (Å²) in [7, 11) is 0. The molecule has 1 aliphatic rings. The number of nitrogens with one attached hydrogen (secondary N) is 1. The largest absolute Gasteiger partial charge is 0.384 e. The van der Waals surface area contributed by atoms with Gasteiger partial charge in [0.05, 0.1) is 0 Å². The molecule has 2 rings (SSSR count). The minimum absolute atomic E-state index is 0.604. The van der Waals surface area contributed by atoms with Gasteiger partial charge in [0.15, 0.2) is 0 Å². The Morgan fingerprint density at radius 1 is 1.38 bits per heavy atom. The third kappa shape index (κ3) is 2.38. The van der Waals surface area contributed by atoms with Gasteiger partial charge in [-0.2, -0.15) is 0 Å². The Kier molecular flexibility index (Phi) is 3.49. The molecule has 0 radical (unpaired) electrons. The van der Waals surface area contributed by atoms with E-state index in [9.17, 15) is 0 Å². The third-order valence-electron chi connectivity index (χ3n) is 3.62. The maximum Gasteiger partial charge on any atom is 0.0373 e. The molecule has 0 aliphatic carbocycles. The van der Waals surface area contributed by atoms with E-state index in [2.05, 4.69) is 37.4 Å². The van der Waals surface area contributed by atoms with Crippen LogP contribution in [0.3, 0.4) is 0 Å². The fourth-order valence-electron chi connectivity index (χ4n) is 2.38. The van der Waals surface area contributed by atoms with E-state index in [4.69, 9.17) is 5.73 Å². The van der Waals surface area contributed by atoms with Crippen LogP contribution in [0, 0.1) is 11.8 Å². The van der Waals surface area contributed by atoms with Crippen LogP contribution in [0.1, 0.15) is 25.0 Å². The van der Waals surface area contributed by atoms with E-state index in [1.165, 1.54) is 16.8 Å². The van der Waals surface area contributed by atoms with Gasteiger partial charge in [-0.25, -0.2) is 0 Å². The monoisotopic (exact) mass is 218 g/mol. The van der Waals surface area contributed by atoms with Crippen molar-refractivity contribution in [1.29, 1.82) is 0 Å². The quantitative estimate of drug-likeness (QED) is 0.814. The van der Waals surface area contributed by atoms with E-state index in [0.717, 1.165) is 25.9 Å². The van der Waals surface area contributed by atoms with Gasteiger partial charge in [0.1, 0.15) is 0 Å². The summed E-state index contributed by atoms with van der Waals surface area (Å²) in [5, 5.41) is 3.39. The van der Waals surface area contributed by atoms with Gasteiger partial charge >= 0.3 is 0 Å². The van der Waals surface area contributed by atoms with Crippen molar-refractivity contribution in [1.82, 2.24) is 0 Å². The van der Waals surface area contributed by atoms with Crippen LogP contribution in [0.5, 0.6) is 0 Å². The van der Waals surface area contributed by atoms with E-state index in [-0.39, 0.29) is 0 Å². The SMILES string of the molecule is CC(C)C(CN)Cc1ccc2c(c1)CCN2. The van der Waals surface area contributed by atoms with Crippen LogP contribution in [0.2, 0.25) is 0 Å². The molecule has 3 N–H and O–H groups in total. The number of hydrogen-bond donors (Lipinski definition) is 2. The van der Waals surface area contributed by atoms with Crippen LogP contribution in [0.25, 0.3) is 0 Å². The standard InChI is InChI=1S/C14H22N2/c1-10(2)13(9-15)8-11-3-4-14-12(7-11)5-6-16-14/h3-4,7,10,13,16H,5-6,8-9,15H2,1-2H3. The zero-order valence-corrected chi connectivity index (χ0v) is 10.3. The molecule has 0 amide bonds. The van der Waals surface area contributed by atoms with Crippen molar-refractivity contribution in [2.45, 2.75) is 26.7 Å². The average Bonchev–Trinajstić information content (AvgIpc) is 2.72. The van der Waals surface area contributed by atoms with Crippen molar-refractivity contribution in [3.05, 3.63) is 29.3 Å². The van der Waals surface area contributed by atoms with E-state index in [1.807, 2.05) is 0 Å². The first-order valence-electron chi connectivity index (χ1n) is 6.26. The summed E-state index contributed by atoms with van der Waals surface area (Å²) in [5.41, 5.74) is 10.0. The Morgan fingerprint density at radius 2 is 2.19 bits per heavy atom. The number of fused-ring (bicyclic) bond motifs is 1. The first kappa shape index (κ1) is 11.5. The Balaban J connectivity index is 2.10. The van der Waals surface area contributed by atoms with Gasteiger partial charge in [0.2, 0.25) is 0 Å². The number of benzene rings is 1. The van der Waals surface area contributed by atoms with Crippen LogP contribution in [0.4, 0.5) is 5.69 Å². The van der Waals surface area contributed by atoms with Crippen LogP contribution >= 0.6 is 0 Å². The van der Waals surface area contributed by atoms with Crippen LogP contribution in [-0.2, 0) is 12.8 Å². The van der Waals surface area contributed by atoms with Gasteiger partial charge in [0, 0.05) is 12.2 Å². The highest BCUT2D eigenvalue weighted by molar-refractivity contribution is 5.56. The molecule has 0 aromatic heterocycles. The average molecular weight is 218 g/mol. The molecule has 1 aliphatic heterocycles. The van der Waals surface area contributed by atoms with Crippen molar-refractivity contribution in [3.8, 4) is 0 Å². The molecule has 1 aromatic carbocycles. The van der Waals surface area contributed by atoms with Crippen molar-refractivity contribution in [3.63, 3.8) is 0 Å². The molecule has 0 fully saturated rings. The van der Waals surface area contributed by atoms with Crippen molar-refractivity contribution >= 4 is 5.69 Å². The van der Waals surface area contributed by atoms with Gasteiger partial charge in [-0.15, -0.1) is 0 Å². The zero-order chi connectivity index (χ0) is 11.5. The van der Waals surface area contributed by atoms with E-state index in [1.54, 1.807) is 0 Å². The summed E-state index contributed by atoms with van der Waals surface area (Å²) in [4.78, 5) is 0. The van der Waals surface area contributed by atoms with Crippen LogP contribution in [0.15, 0.2) is 18.2 Å². The second-order valence-electron chi connectivity index (χ2n) is 5.11. The fraction of sp³-hybridized carbons (Fsp3) is 0.571. The van der Waals surface area contributed by atoms with Crippen LogP contribution in [-0.4, -0.2) is 13.1 Å². The maximum absolute atomic E-state index is 5.82. The van der Waals surface area contributed by atoms with Crippen molar-refractivity contribution in [2.75, 3.05) is 18.4 Å². The first-order chi connectivity index (χ1) is 7.70. The van der Waals surface area contributed by atoms with Crippen molar-refractivity contribution in [2.24, 2.45) is 17.6 Å². The van der Waals surface area contributed by atoms with Crippen molar-refractivity contribution < 1.29 is 0 Å². The second-order valence-corrected chi connectivity index (χ2v) is 5.11. The van der Waals surface area contributed by atoms with Gasteiger partial charge in [-0.05, 0) is 48.4 Å². The summed E-state index contributed by atoms with van der Waals surface area (Å²) in [6, 6.07) is 6.80. The molecule has 88 valence electrons. The van der Waals surface area contributed by atoms with Gasteiger partial charge in [-0.1, -0.05) is 26.0 Å². The molecule has 0 saturated heterocycles. The summed E-state index contributed by atoms with van der Waals surface area (Å²) in [6.07, 6.45) is 2.28. The van der Waals surface area contributed by atoms with E-state index < -0.39 is 0 Å². The summed E-state index contributed by atoms with van der Waals surface area (Å²) < 4.78 is 0. The molecule has 2 nitrogen and oxygen atoms in total. The van der Waals surface area contributed by atoms with Gasteiger partial charge in [0.25, 0.3) is 0 Å². The van der Waals surface area contributed by atoms with Gasteiger partial charge < -0.3 is 11.1 Å². The minimum atomic E-state index is 0.604. The molecule has 2 heteroatoms. The molecule has 1 atom stereocenters. The third-order valence-corrected chi connectivity index (χ3v) is 3.62. The van der Waals surface area contributed by atoms with E-state index in [0.29, 0.717) is 11.8 Å². The first-order valence-corrected chi connectivity index (χ1v) is 6.26. The Morgan fingerprint density at radius 3 is 2.88 bits per heavy atom. The Hall–Kier alpha value is -1.02. The van der Waals surface area contributed by atoms with Gasteiger partial charge in [-0.3, -0.25) is 0 Å². The molecule has 0 spiro atoms. The Labute approximate surface area is 98.2 Å².